The molecule has 1 heterocycles. The average Bonchev–Trinajstić information content (AvgIpc) is 2.77. The molecule has 0 saturated carbocycles. The number of thioether (sulfide) groups is 1. The van der Waals surface area contributed by atoms with Crippen molar-refractivity contribution in [3.8, 4) is 0 Å². The van der Waals surface area contributed by atoms with Crippen LogP contribution in [-0.4, -0.2) is 51.7 Å². The molecule has 0 aromatic heterocycles. The predicted molar refractivity (Wildman–Crippen MR) is 111 cm³/mol. The summed E-state index contributed by atoms with van der Waals surface area (Å²) in [7, 11) is 0. The van der Waals surface area contributed by atoms with Crippen LogP contribution < -0.4 is 5.32 Å². The van der Waals surface area contributed by atoms with Crippen LogP contribution in [0.1, 0.15) is 11.1 Å². The van der Waals surface area contributed by atoms with Crippen LogP contribution in [0.25, 0.3) is 5.70 Å². The van der Waals surface area contributed by atoms with Crippen molar-refractivity contribution in [1.29, 1.82) is 5.53 Å². The summed E-state index contributed by atoms with van der Waals surface area (Å²) in [5, 5.41) is 36.8. The summed E-state index contributed by atoms with van der Waals surface area (Å²) in [5.74, 6) is -4.55. The van der Waals surface area contributed by atoms with Gasteiger partial charge < -0.3 is 25.4 Å². The van der Waals surface area contributed by atoms with E-state index in [1.54, 1.807) is 0 Å². The molecule has 3 rings (SSSR count). The van der Waals surface area contributed by atoms with E-state index >= 15 is 0 Å². The van der Waals surface area contributed by atoms with Crippen molar-refractivity contribution < 1.29 is 33.2 Å². The van der Waals surface area contributed by atoms with Crippen LogP contribution in [-0.2, 0) is 4.74 Å². The van der Waals surface area contributed by atoms with Crippen molar-refractivity contribution >= 4 is 17.5 Å². The van der Waals surface area contributed by atoms with Crippen molar-refractivity contribution in [3.63, 3.8) is 0 Å². The van der Waals surface area contributed by atoms with E-state index in [0.717, 1.165) is 16.7 Å². The normalized spacial score (nSPS) is 26.1. The molecule has 1 aliphatic rings. The number of halogens is 3. The predicted octanol–water partition coefficient (Wildman–Crippen LogP) is 2.93. The lowest BCUT2D eigenvalue weighted by Crippen LogP contribution is -2.61. The monoisotopic (exact) mass is 469 g/mol. The molecule has 0 spiro atoms. The number of nitrogens with zero attached hydrogens (tertiary/aromatic N) is 1. The van der Waals surface area contributed by atoms with E-state index in [9.17, 15) is 28.5 Å². The van der Waals surface area contributed by atoms with Crippen LogP contribution in [0.5, 0.6) is 0 Å². The molecule has 3 unspecified atom stereocenters. The van der Waals surface area contributed by atoms with Gasteiger partial charge in [0.1, 0.15) is 29.4 Å². The molecule has 32 heavy (non-hydrogen) atoms. The smallest absolute Gasteiger partial charge is 0.194 e. The summed E-state index contributed by atoms with van der Waals surface area (Å²) < 4.78 is 45.9. The minimum atomic E-state index is -1.65. The number of hydrogen-bond donors (Lipinski definition) is 5. The van der Waals surface area contributed by atoms with Crippen LogP contribution in [0.3, 0.4) is 0 Å². The number of hydrogen-bond acceptors (Lipinski definition) is 8. The lowest BCUT2D eigenvalue weighted by Gasteiger charge is -2.42. The van der Waals surface area contributed by atoms with Crippen molar-refractivity contribution in [3.05, 3.63) is 71.2 Å². The summed E-state index contributed by atoms with van der Waals surface area (Å²) in [6.45, 7) is 1.41. The highest BCUT2D eigenvalue weighted by Crippen LogP contribution is 2.33. The van der Waals surface area contributed by atoms with Gasteiger partial charge in [-0.05, 0) is 31.2 Å². The number of aliphatic hydroxyl groups is 3. The van der Waals surface area contributed by atoms with Gasteiger partial charge in [0.05, 0.1) is 12.6 Å². The zero-order valence-electron chi connectivity index (χ0n) is 16.9. The highest BCUT2D eigenvalue weighted by Gasteiger charge is 2.44. The van der Waals surface area contributed by atoms with E-state index in [1.807, 2.05) is 31.2 Å². The Hall–Kier alpha value is -2.44. The number of aryl methyl sites for hydroxylation is 1. The molecule has 11 heteroatoms. The topological polar surface area (TPSA) is 118 Å². The van der Waals surface area contributed by atoms with E-state index in [-0.39, 0.29) is 11.3 Å². The van der Waals surface area contributed by atoms with E-state index in [1.165, 1.54) is 11.8 Å². The van der Waals surface area contributed by atoms with Crippen LogP contribution in [0.4, 0.5) is 13.2 Å². The van der Waals surface area contributed by atoms with Gasteiger partial charge in [0, 0.05) is 16.7 Å². The van der Waals surface area contributed by atoms with Gasteiger partial charge >= 0.3 is 0 Å². The minimum Gasteiger partial charge on any atom is -0.394 e. The Morgan fingerprint density at radius 1 is 1.16 bits per heavy atom. The number of ether oxygens (including phenoxy) is 1. The first-order chi connectivity index (χ1) is 15.2. The molecule has 0 aliphatic carbocycles. The molecule has 2 aromatic carbocycles. The molecule has 1 aliphatic heterocycles. The molecule has 0 bridgehead atoms. The maximum absolute atomic E-state index is 13.5. The molecule has 7 nitrogen and oxygen atoms in total. The van der Waals surface area contributed by atoms with Gasteiger partial charge in [-0.3, -0.25) is 0 Å². The fraction of sp³-hybridized carbons (Fsp3) is 0.333. The lowest BCUT2D eigenvalue weighted by molar-refractivity contribution is -0.164. The molecule has 0 amide bonds. The van der Waals surface area contributed by atoms with Crippen molar-refractivity contribution in [2.24, 2.45) is 5.11 Å². The highest BCUT2D eigenvalue weighted by molar-refractivity contribution is 7.99. The second-order valence-corrected chi connectivity index (χ2v) is 8.40. The Kier molecular flexibility index (Phi) is 7.91. The summed E-state index contributed by atoms with van der Waals surface area (Å²) >= 11 is 1.19. The molecule has 5 atom stereocenters. The summed E-state index contributed by atoms with van der Waals surface area (Å²) in [6.07, 6.45) is -2.58. The third-order valence-corrected chi connectivity index (χ3v) is 6.14. The van der Waals surface area contributed by atoms with E-state index < -0.39 is 53.8 Å². The Bertz CT molecular complexity index is 970. The van der Waals surface area contributed by atoms with Gasteiger partial charge in [-0.15, -0.1) is 0 Å². The Balaban J connectivity index is 1.83. The lowest BCUT2D eigenvalue weighted by atomic mass is 9.97. The fourth-order valence-corrected chi connectivity index (χ4v) is 4.26. The third-order valence-electron chi connectivity index (χ3n) is 4.97. The molecule has 0 radical (unpaired) electrons. The molecule has 5 N–H and O–H groups in total. The highest BCUT2D eigenvalue weighted by atomic mass is 32.2. The summed E-state index contributed by atoms with van der Waals surface area (Å²) in [4.78, 5) is 0.793. The zero-order valence-corrected chi connectivity index (χ0v) is 17.7. The standard InChI is InChI=1S/C21H22F3N3O4S/c1-10-2-4-12(5-3-10)32-21-20(30)18(19(29)16(9-28)31-21)26-8-15(27-25)11-6-13(22)17(24)14(23)7-11/h2-8,16,18-21,25-26,28-30H,9H2,1H3/b15-8-,27-25?/t16?,18?,19-,20?,21+/m0/s1. The first-order valence-corrected chi connectivity index (χ1v) is 10.5. The molecule has 2 aromatic rings. The minimum absolute atomic E-state index is 0.218. The van der Waals surface area contributed by atoms with Gasteiger partial charge in [-0.25, -0.2) is 18.7 Å². The van der Waals surface area contributed by atoms with Gasteiger partial charge in [0.2, 0.25) is 0 Å². The fourth-order valence-electron chi connectivity index (χ4n) is 3.19. The number of rotatable bonds is 7. The molecule has 1 saturated heterocycles. The molecule has 1 fully saturated rings. The summed E-state index contributed by atoms with van der Waals surface area (Å²) in [5.41, 5.74) is 6.98. The Morgan fingerprint density at radius 2 is 1.78 bits per heavy atom. The SMILES string of the molecule is Cc1ccc(S[C@H]2OC(CO)[C@H](O)C(N/C=C(\N=N)c3cc(F)c(F)c(F)c3)C2O)cc1. The van der Waals surface area contributed by atoms with E-state index in [4.69, 9.17) is 10.3 Å². The quantitative estimate of drug-likeness (QED) is 0.314. The summed E-state index contributed by atoms with van der Waals surface area (Å²) in [6, 6.07) is 7.73. The van der Waals surface area contributed by atoms with Crippen LogP contribution in [0.15, 0.2) is 52.6 Å². The van der Waals surface area contributed by atoms with Gasteiger partial charge in [-0.2, -0.15) is 5.11 Å². The third kappa shape index (κ3) is 5.30. The Morgan fingerprint density at radius 3 is 2.34 bits per heavy atom. The molecular formula is C21H22F3N3O4S. The first kappa shape index (κ1) is 24.2. The van der Waals surface area contributed by atoms with Crippen molar-refractivity contribution in [2.45, 2.75) is 41.6 Å². The Labute approximate surface area is 186 Å². The van der Waals surface area contributed by atoms with Crippen LogP contribution in [0, 0.1) is 29.9 Å². The number of aliphatic hydroxyl groups excluding tert-OH is 3. The van der Waals surface area contributed by atoms with Crippen LogP contribution >= 0.6 is 11.8 Å². The number of nitrogens with one attached hydrogen (secondary N) is 2. The number of benzene rings is 2. The maximum atomic E-state index is 13.5. The first-order valence-electron chi connectivity index (χ1n) is 9.59. The van der Waals surface area contributed by atoms with Gasteiger partial charge in [-0.1, -0.05) is 29.5 Å². The average molecular weight is 469 g/mol. The molecule has 172 valence electrons. The van der Waals surface area contributed by atoms with Crippen LogP contribution in [0.2, 0.25) is 0 Å². The largest absolute Gasteiger partial charge is 0.394 e. The van der Waals surface area contributed by atoms with Crippen molar-refractivity contribution in [1.82, 2.24) is 5.32 Å². The van der Waals surface area contributed by atoms with E-state index in [2.05, 4.69) is 10.4 Å². The van der Waals surface area contributed by atoms with Gasteiger partial charge in [0.15, 0.2) is 17.5 Å². The zero-order chi connectivity index (χ0) is 23.4. The van der Waals surface area contributed by atoms with Crippen molar-refractivity contribution in [2.75, 3.05) is 6.61 Å². The maximum Gasteiger partial charge on any atom is 0.194 e. The second-order valence-electron chi connectivity index (χ2n) is 7.23. The van der Waals surface area contributed by atoms with Gasteiger partial charge in [0.25, 0.3) is 0 Å². The molecular weight excluding hydrogens is 447 g/mol. The second kappa shape index (κ2) is 10.5. The van der Waals surface area contributed by atoms with E-state index in [0.29, 0.717) is 12.1 Å².